The Kier molecular flexibility index (Phi) is 6.35. The number of hydrogen-bond acceptors (Lipinski definition) is 3. The molecule has 0 bridgehead atoms. The van der Waals surface area contributed by atoms with E-state index in [0.29, 0.717) is 36.2 Å². The quantitative estimate of drug-likeness (QED) is 0.420. The minimum Gasteiger partial charge on any atom is -0.473 e. The van der Waals surface area contributed by atoms with Gasteiger partial charge in [-0.1, -0.05) is 41.9 Å². The number of carbonyl (C=O) groups is 1. The molecular weight excluding hydrogens is 476 g/mol. The maximum Gasteiger partial charge on any atom is 0.256 e. The van der Waals surface area contributed by atoms with Crippen LogP contribution in [0, 0.1) is 20.8 Å². The largest absolute Gasteiger partial charge is 0.473 e. The minimum atomic E-state index is -0.0513. The Morgan fingerprint density at radius 3 is 2.61 bits per heavy atom. The molecule has 2 aromatic carbocycles. The molecule has 1 aromatic heterocycles. The average molecular weight is 500 g/mol. The fourth-order valence-corrected chi connectivity index (χ4v) is 4.84. The summed E-state index contributed by atoms with van der Waals surface area (Å²) < 4.78 is 6.86. The van der Waals surface area contributed by atoms with Crippen LogP contribution in [0.25, 0.3) is 0 Å². The molecular formula is C25H24BrClN2O2. The number of pyridine rings is 1. The topological polar surface area (TPSA) is 42.4 Å². The van der Waals surface area contributed by atoms with E-state index < -0.39 is 0 Å². The van der Waals surface area contributed by atoms with Gasteiger partial charge in [0.25, 0.3) is 5.91 Å². The monoisotopic (exact) mass is 498 g/mol. The van der Waals surface area contributed by atoms with Crippen LogP contribution in [0.4, 0.5) is 0 Å². The van der Waals surface area contributed by atoms with Gasteiger partial charge in [-0.05, 0) is 77.5 Å². The Bertz CT molecular complexity index is 1150. The van der Waals surface area contributed by atoms with Crippen LogP contribution < -0.4 is 4.74 Å². The third-order valence-corrected chi connectivity index (χ3v) is 6.93. The SMILES string of the molecule is Cc1cc(C)c(CN2CCc3c(C)cc(Br)c(Cl)c3C2=O)c(OCc2ccccc2)n1. The van der Waals surface area contributed by atoms with E-state index in [0.717, 1.165) is 44.4 Å². The molecule has 1 amide bonds. The number of halogens is 2. The van der Waals surface area contributed by atoms with Gasteiger partial charge in [0.1, 0.15) is 6.61 Å². The molecule has 160 valence electrons. The molecule has 0 atom stereocenters. The summed E-state index contributed by atoms with van der Waals surface area (Å²) in [6.45, 7) is 7.51. The van der Waals surface area contributed by atoms with Crippen molar-refractivity contribution in [3.05, 3.63) is 91.0 Å². The second-order valence-corrected chi connectivity index (χ2v) is 9.19. The number of benzene rings is 2. The number of hydrogen-bond donors (Lipinski definition) is 0. The lowest BCUT2D eigenvalue weighted by atomic mass is 9.94. The first kappa shape index (κ1) is 21.8. The van der Waals surface area contributed by atoms with Crippen molar-refractivity contribution in [2.75, 3.05) is 6.54 Å². The number of rotatable bonds is 5. The Labute approximate surface area is 196 Å². The molecule has 1 aliphatic rings. The van der Waals surface area contributed by atoms with Crippen LogP contribution in [0.1, 0.15) is 43.9 Å². The van der Waals surface area contributed by atoms with Crippen LogP contribution in [0.5, 0.6) is 5.88 Å². The standard InChI is InChI=1S/C25H24BrClN2O2/c1-15-11-17(3)28-24(31-14-18-7-5-4-6-8-18)20(15)13-29-10-9-19-16(2)12-21(26)23(27)22(19)25(29)30/h4-8,11-12H,9-10,13-14H2,1-3H3. The molecule has 3 aromatic rings. The van der Waals surface area contributed by atoms with E-state index in [1.165, 1.54) is 0 Å². The predicted molar refractivity (Wildman–Crippen MR) is 127 cm³/mol. The van der Waals surface area contributed by atoms with Crippen LogP contribution in [0.3, 0.4) is 0 Å². The van der Waals surface area contributed by atoms with Crippen LogP contribution in [0.15, 0.2) is 46.9 Å². The molecule has 0 aliphatic carbocycles. The maximum atomic E-state index is 13.4. The smallest absolute Gasteiger partial charge is 0.256 e. The van der Waals surface area contributed by atoms with E-state index in [2.05, 4.69) is 20.9 Å². The highest BCUT2D eigenvalue weighted by molar-refractivity contribution is 9.10. The highest BCUT2D eigenvalue weighted by atomic mass is 79.9. The van der Waals surface area contributed by atoms with Gasteiger partial charge in [0.05, 0.1) is 17.1 Å². The van der Waals surface area contributed by atoms with Gasteiger partial charge in [0.15, 0.2) is 0 Å². The van der Waals surface area contributed by atoms with Crippen molar-refractivity contribution in [1.82, 2.24) is 9.88 Å². The summed E-state index contributed by atoms with van der Waals surface area (Å²) in [5, 5.41) is 0.481. The summed E-state index contributed by atoms with van der Waals surface area (Å²) in [5.41, 5.74) is 6.68. The highest BCUT2D eigenvalue weighted by Gasteiger charge is 2.30. The molecule has 0 unspecified atom stereocenters. The predicted octanol–water partition coefficient (Wildman–Crippen LogP) is 6.20. The Hall–Kier alpha value is -2.37. The lowest BCUT2D eigenvalue weighted by Crippen LogP contribution is -2.38. The van der Waals surface area contributed by atoms with Gasteiger partial charge >= 0.3 is 0 Å². The summed E-state index contributed by atoms with van der Waals surface area (Å²) in [6, 6.07) is 14.0. The molecule has 0 fully saturated rings. The lowest BCUT2D eigenvalue weighted by Gasteiger charge is -2.31. The molecule has 0 radical (unpaired) electrons. The Morgan fingerprint density at radius 1 is 1.13 bits per heavy atom. The average Bonchev–Trinajstić information content (AvgIpc) is 2.74. The van der Waals surface area contributed by atoms with Gasteiger partial charge in [-0.3, -0.25) is 4.79 Å². The van der Waals surface area contributed by atoms with Crippen molar-refractivity contribution in [3.8, 4) is 5.88 Å². The van der Waals surface area contributed by atoms with Gasteiger partial charge in [-0.15, -0.1) is 0 Å². The van der Waals surface area contributed by atoms with Gasteiger partial charge in [-0.2, -0.15) is 0 Å². The number of carbonyl (C=O) groups excluding carboxylic acids is 1. The first-order valence-corrected chi connectivity index (χ1v) is 11.4. The fourth-order valence-electron chi connectivity index (χ4n) is 4.05. The third-order valence-electron chi connectivity index (χ3n) is 5.69. The number of nitrogens with zero attached hydrogens (tertiary/aromatic N) is 2. The van der Waals surface area contributed by atoms with Crippen molar-refractivity contribution in [3.63, 3.8) is 0 Å². The molecule has 0 spiro atoms. The molecule has 4 rings (SSSR count). The van der Waals surface area contributed by atoms with E-state index in [-0.39, 0.29) is 5.91 Å². The summed E-state index contributed by atoms with van der Waals surface area (Å²) in [7, 11) is 0. The van der Waals surface area contributed by atoms with Crippen molar-refractivity contribution in [1.29, 1.82) is 0 Å². The van der Waals surface area contributed by atoms with Crippen LogP contribution in [-0.4, -0.2) is 22.3 Å². The van der Waals surface area contributed by atoms with Crippen molar-refractivity contribution in [2.24, 2.45) is 0 Å². The molecule has 0 saturated heterocycles. The van der Waals surface area contributed by atoms with E-state index in [1.54, 1.807) is 0 Å². The molecule has 0 N–H and O–H groups in total. The van der Waals surface area contributed by atoms with Crippen molar-refractivity contribution in [2.45, 2.75) is 40.3 Å². The third kappa shape index (κ3) is 4.48. The number of fused-ring (bicyclic) bond motifs is 1. The molecule has 31 heavy (non-hydrogen) atoms. The Morgan fingerprint density at radius 2 is 1.87 bits per heavy atom. The van der Waals surface area contributed by atoms with Crippen LogP contribution in [-0.2, 0) is 19.6 Å². The van der Waals surface area contributed by atoms with Gasteiger partial charge in [0.2, 0.25) is 5.88 Å². The van der Waals surface area contributed by atoms with Crippen molar-refractivity contribution < 1.29 is 9.53 Å². The highest BCUT2D eigenvalue weighted by Crippen LogP contribution is 2.36. The zero-order chi connectivity index (χ0) is 22.1. The molecule has 0 saturated carbocycles. The second kappa shape index (κ2) is 9.01. The molecule has 1 aliphatic heterocycles. The van der Waals surface area contributed by atoms with Crippen LogP contribution >= 0.6 is 27.5 Å². The maximum absolute atomic E-state index is 13.4. The summed E-state index contributed by atoms with van der Waals surface area (Å²) in [4.78, 5) is 19.9. The van der Waals surface area contributed by atoms with Gasteiger partial charge in [-0.25, -0.2) is 4.98 Å². The van der Waals surface area contributed by atoms with E-state index in [1.807, 2.05) is 68.1 Å². The van der Waals surface area contributed by atoms with E-state index in [4.69, 9.17) is 16.3 Å². The number of aryl methyl sites for hydroxylation is 3. The van der Waals surface area contributed by atoms with E-state index >= 15 is 0 Å². The molecule has 6 heteroatoms. The number of amides is 1. The minimum absolute atomic E-state index is 0.0513. The van der Waals surface area contributed by atoms with E-state index in [9.17, 15) is 4.79 Å². The summed E-state index contributed by atoms with van der Waals surface area (Å²) >= 11 is 10.00. The number of ether oxygens (including phenoxy) is 1. The zero-order valence-corrected chi connectivity index (χ0v) is 20.2. The lowest BCUT2D eigenvalue weighted by molar-refractivity contribution is 0.0724. The molecule has 2 heterocycles. The molecule has 4 nitrogen and oxygen atoms in total. The van der Waals surface area contributed by atoms with Gasteiger partial charge < -0.3 is 9.64 Å². The Balaban J connectivity index is 1.63. The summed E-state index contributed by atoms with van der Waals surface area (Å²) in [5.74, 6) is 0.529. The van der Waals surface area contributed by atoms with Gasteiger partial charge in [0, 0.05) is 22.3 Å². The zero-order valence-electron chi connectivity index (χ0n) is 17.8. The number of aromatic nitrogens is 1. The second-order valence-electron chi connectivity index (χ2n) is 7.96. The normalized spacial score (nSPS) is 13.3. The first-order chi connectivity index (χ1) is 14.8. The van der Waals surface area contributed by atoms with Crippen molar-refractivity contribution >= 4 is 33.4 Å². The fraction of sp³-hybridized carbons (Fsp3) is 0.280. The summed E-state index contributed by atoms with van der Waals surface area (Å²) in [6.07, 6.45) is 0.776. The van der Waals surface area contributed by atoms with Crippen LogP contribution in [0.2, 0.25) is 5.02 Å². The first-order valence-electron chi connectivity index (χ1n) is 10.3.